The topological polar surface area (TPSA) is 141 Å². The molecule has 0 aliphatic carbocycles. The van der Waals surface area contributed by atoms with Crippen LogP contribution in [0.1, 0.15) is 59.0 Å². The normalized spacial score (nSPS) is 11.7. The summed E-state index contributed by atoms with van der Waals surface area (Å²) in [6.07, 6.45) is 0.725. The van der Waals surface area contributed by atoms with E-state index in [9.17, 15) is 18.8 Å². The van der Waals surface area contributed by atoms with Crippen LogP contribution in [0.2, 0.25) is 0 Å². The van der Waals surface area contributed by atoms with Crippen LogP contribution in [0.5, 0.6) is 5.75 Å². The van der Waals surface area contributed by atoms with Gasteiger partial charge in [-0.15, -0.1) is 0 Å². The maximum Gasteiger partial charge on any atom is 0.273 e. The lowest BCUT2D eigenvalue weighted by Crippen LogP contribution is -2.44. The number of halogens is 1. The number of nitrogens with zero attached hydrogens (tertiary/aromatic N) is 2. The molecule has 1 atom stereocenters. The molecule has 0 radical (unpaired) electrons. The van der Waals surface area contributed by atoms with Gasteiger partial charge in [0.2, 0.25) is 5.91 Å². The molecule has 1 heterocycles. The number of amides is 3. The van der Waals surface area contributed by atoms with Gasteiger partial charge in [0.15, 0.2) is 5.69 Å². The Kier molecular flexibility index (Phi) is 9.18. The lowest BCUT2D eigenvalue weighted by atomic mass is 10.0. The number of anilines is 2. The van der Waals surface area contributed by atoms with E-state index >= 15 is 0 Å². The second-order valence-electron chi connectivity index (χ2n) is 8.67. The third-order valence-corrected chi connectivity index (χ3v) is 6.36. The Hall–Kier alpha value is -3.99. The smallest absolute Gasteiger partial charge is 0.273 e. The predicted molar refractivity (Wildman–Crippen MR) is 141 cm³/mol. The van der Waals surface area contributed by atoms with Gasteiger partial charge in [0.05, 0.1) is 12.3 Å². The van der Waals surface area contributed by atoms with Crippen molar-refractivity contribution in [2.45, 2.75) is 33.2 Å². The zero-order valence-electron chi connectivity index (χ0n) is 20.9. The minimum absolute atomic E-state index is 0.0511. The van der Waals surface area contributed by atoms with Crippen molar-refractivity contribution in [3.63, 3.8) is 0 Å². The third kappa shape index (κ3) is 6.62. The van der Waals surface area contributed by atoms with Gasteiger partial charge < -0.3 is 21.5 Å². The van der Waals surface area contributed by atoms with Crippen LogP contribution >= 0.6 is 11.5 Å². The Morgan fingerprint density at radius 3 is 2.30 bits per heavy atom. The zero-order valence-corrected chi connectivity index (χ0v) is 21.7. The van der Waals surface area contributed by atoms with E-state index in [0.717, 1.165) is 6.42 Å². The Labute approximate surface area is 218 Å². The summed E-state index contributed by atoms with van der Waals surface area (Å²) in [4.78, 5) is 40.5. The molecule has 3 amide bonds. The minimum atomic E-state index is -1.18. The monoisotopic (exact) mass is 527 g/mol. The van der Waals surface area contributed by atoms with Crippen molar-refractivity contribution in [1.29, 1.82) is 0 Å². The number of nitrogens with one attached hydrogen (secondary N) is 1. The standard InChI is InChI=1S/C26H30FN5O4S/c1-4-36-19-11-9-18(10-12-19)32(26(35)23-20(28)21(24(29)33)31-37-23)22(16-5-7-17(27)8-6-16)25(34)30-14-13-15(2)3/h5-12,15,22H,4,13-14,28H2,1-3H3,(H2,29,33)(H,30,34). The van der Waals surface area contributed by atoms with Crippen molar-refractivity contribution in [2.75, 3.05) is 23.8 Å². The summed E-state index contributed by atoms with van der Waals surface area (Å²) in [6, 6.07) is 10.7. The fourth-order valence-corrected chi connectivity index (χ4v) is 4.38. The van der Waals surface area contributed by atoms with Crippen LogP contribution < -0.4 is 26.4 Å². The predicted octanol–water partition coefficient (Wildman–Crippen LogP) is 3.91. The number of hydrogen-bond acceptors (Lipinski definition) is 7. The number of nitrogen functional groups attached to an aromatic ring is 1. The highest BCUT2D eigenvalue weighted by atomic mass is 32.1. The summed E-state index contributed by atoms with van der Waals surface area (Å²) in [5.74, 6) is -1.57. The highest BCUT2D eigenvalue weighted by Gasteiger charge is 2.36. The van der Waals surface area contributed by atoms with Crippen molar-refractivity contribution >= 4 is 40.6 Å². The molecule has 0 aliphatic rings. The van der Waals surface area contributed by atoms with Crippen molar-refractivity contribution in [2.24, 2.45) is 11.7 Å². The summed E-state index contributed by atoms with van der Waals surface area (Å²) in [5, 5.41) is 2.88. The summed E-state index contributed by atoms with van der Waals surface area (Å²) < 4.78 is 23.2. The number of ether oxygens (including phenoxy) is 1. The second-order valence-corrected chi connectivity index (χ2v) is 9.44. The van der Waals surface area contributed by atoms with Gasteiger partial charge in [-0.3, -0.25) is 19.3 Å². The molecule has 196 valence electrons. The maximum absolute atomic E-state index is 14.0. The largest absolute Gasteiger partial charge is 0.494 e. The number of rotatable bonds is 11. The van der Waals surface area contributed by atoms with Crippen LogP contribution in [0, 0.1) is 11.7 Å². The van der Waals surface area contributed by atoms with E-state index in [1.54, 1.807) is 24.3 Å². The molecular formula is C26H30FN5O4S. The molecule has 3 aromatic rings. The van der Waals surface area contributed by atoms with E-state index < -0.39 is 29.6 Å². The number of primary amides is 1. The van der Waals surface area contributed by atoms with Gasteiger partial charge >= 0.3 is 0 Å². The first kappa shape index (κ1) is 27.6. The Morgan fingerprint density at radius 2 is 1.76 bits per heavy atom. The molecule has 0 saturated heterocycles. The molecule has 2 aromatic carbocycles. The SMILES string of the molecule is CCOc1ccc(N(C(=O)c2snc(C(N)=O)c2N)C(C(=O)NCCC(C)C)c2ccc(F)cc2)cc1. The van der Waals surface area contributed by atoms with Gasteiger partial charge in [0.25, 0.3) is 11.8 Å². The van der Waals surface area contributed by atoms with Crippen molar-refractivity contribution in [3.8, 4) is 5.75 Å². The number of aromatic nitrogens is 1. The fraction of sp³-hybridized carbons (Fsp3) is 0.308. The molecule has 0 bridgehead atoms. The second kappa shape index (κ2) is 12.3. The van der Waals surface area contributed by atoms with Gasteiger partial charge in [0.1, 0.15) is 22.5 Å². The Bertz CT molecular complexity index is 1240. The molecule has 5 N–H and O–H groups in total. The first-order valence-electron chi connectivity index (χ1n) is 11.8. The van der Waals surface area contributed by atoms with E-state index in [4.69, 9.17) is 16.2 Å². The fourth-order valence-electron chi connectivity index (χ4n) is 3.64. The van der Waals surface area contributed by atoms with Crippen LogP contribution in [0.4, 0.5) is 15.8 Å². The first-order valence-corrected chi connectivity index (χ1v) is 12.6. The lowest BCUT2D eigenvalue weighted by Gasteiger charge is -2.31. The van der Waals surface area contributed by atoms with E-state index in [0.29, 0.717) is 47.6 Å². The number of nitrogens with two attached hydrogens (primary N) is 2. The summed E-state index contributed by atoms with van der Waals surface area (Å²) in [7, 11) is 0. The molecule has 37 heavy (non-hydrogen) atoms. The average molecular weight is 528 g/mol. The molecule has 1 aromatic heterocycles. The first-order chi connectivity index (χ1) is 17.6. The van der Waals surface area contributed by atoms with Crippen LogP contribution in [-0.4, -0.2) is 35.2 Å². The molecular weight excluding hydrogens is 497 g/mol. The molecule has 3 rings (SSSR count). The van der Waals surface area contributed by atoms with Gasteiger partial charge in [-0.25, -0.2) is 4.39 Å². The molecule has 0 fully saturated rings. The highest BCUT2D eigenvalue weighted by Crippen LogP contribution is 2.34. The van der Waals surface area contributed by atoms with Crippen molar-refractivity contribution < 1.29 is 23.5 Å². The summed E-state index contributed by atoms with van der Waals surface area (Å²) in [5.41, 5.74) is 11.7. The molecule has 0 saturated carbocycles. The molecule has 1 unspecified atom stereocenters. The zero-order chi connectivity index (χ0) is 27.1. The third-order valence-electron chi connectivity index (χ3n) is 5.51. The van der Waals surface area contributed by atoms with Crippen LogP contribution in [0.3, 0.4) is 0 Å². The molecule has 9 nitrogen and oxygen atoms in total. The summed E-state index contributed by atoms with van der Waals surface area (Å²) >= 11 is 0.712. The van der Waals surface area contributed by atoms with Gasteiger partial charge in [0, 0.05) is 12.2 Å². The van der Waals surface area contributed by atoms with Crippen LogP contribution in [-0.2, 0) is 4.79 Å². The van der Waals surface area contributed by atoms with Crippen molar-refractivity contribution in [3.05, 3.63) is 70.5 Å². The molecule has 11 heteroatoms. The minimum Gasteiger partial charge on any atom is -0.494 e. The van der Waals surface area contributed by atoms with E-state index in [2.05, 4.69) is 9.69 Å². The maximum atomic E-state index is 14.0. The highest BCUT2D eigenvalue weighted by molar-refractivity contribution is 7.09. The Morgan fingerprint density at radius 1 is 1.11 bits per heavy atom. The quantitative estimate of drug-likeness (QED) is 0.345. The van der Waals surface area contributed by atoms with Gasteiger partial charge in [-0.2, -0.15) is 4.37 Å². The number of benzene rings is 2. The van der Waals surface area contributed by atoms with E-state index in [1.807, 2.05) is 20.8 Å². The average Bonchev–Trinajstić information content (AvgIpc) is 3.25. The number of hydrogen-bond donors (Lipinski definition) is 3. The van der Waals surface area contributed by atoms with Gasteiger partial charge in [-0.05, 0) is 72.8 Å². The van der Waals surface area contributed by atoms with Crippen LogP contribution in [0.15, 0.2) is 48.5 Å². The molecule has 0 spiro atoms. The number of carbonyl (C=O) groups excluding carboxylic acids is 3. The van der Waals surface area contributed by atoms with E-state index in [-0.39, 0.29) is 16.3 Å². The van der Waals surface area contributed by atoms with Crippen LogP contribution in [0.25, 0.3) is 0 Å². The Balaban J connectivity index is 2.15. The molecule has 0 aliphatic heterocycles. The summed E-state index contributed by atoms with van der Waals surface area (Å²) in [6.45, 7) is 6.74. The van der Waals surface area contributed by atoms with E-state index in [1.165, 1.54) is 29.2 Å². The lowest BCUT2D eigenvalue weighted by molar-refractivity contribution is -0.122. The number of carbonyl (C=O) groups is 3. The van der Waals surface area contributed by atoms with Crippen molar-refractivity contribution in [1.82, 2.24) is 9.69 Å². The van der Waals surface area contributed by atoms with Gasteiger partial charge in [-0.1, -0.05) is 26.0 Å².